The number of ether oxygens (including phenoxy) is 2. The zero-order valence-electron chi connectivity index (χ0n) is 14.5. The maximum atomic E-state index is 12.7. The topological polar surface area (TPSA) is 93.1 Å². The highest BCUT2D eigenvalue weighted by molar-refractivity contribution is 6.39. The molecule has 1 N–H and O–H groups in total. The van der Waals surface area contributed by atoms with Gasteiger partial charge < -0.3 is 19.5 Å². The molecule has 2 aliphatic rings. The zero-order valence-corrected chi connectivity index (χ0v) is 14.5. The smallest absolute Gasteiger partial charge is 0.328 e. The molecule has 0 aliphatic carbocycles. The predicted molar refractivity (Wildman–Crippen MR) is 84.9 cm³/mol. The number of nitrogens with zero attached hydrogens (tertiary/aromatic N) is 1. The third-order valence-corrected chi connectivity index (χ3v) is 4.78. The lowest BCUT2D eigenvalue weighted by Gasteiger charge is -2.39. The van der Waals surface area contributed by atoms with Crippen LogP contribution in [0.5, 0.6) is 0 Å². The molecule has 0 aromatic rings. The Hall–Kier alpha value is -1.47. The van der Waals surface area contributed by atoms with E-state index in [2.05, 4.69) is 0 Å². The van der Waals surface area contributed by atoms with Gasteiger partial charge in [0, 0.05) is 12.5 Å². The van der Waals surface area contributed by atoms with Crippen LogP contribution in [0.25, 0.3) is 0 Å². The van der Waals surface area contributed by atoms with Crippen molar-refractivity contribution in [3.63, 3.8) is 0 Å². The van der Waals surface area contributed by atoms with E-state index in [1.807, 2.05) is 6.92 Å². The average molecular weight is 341 g/mol. The zero-order chi connectivity index (χ0) is 17.7. The van der Waals surface area contributed by atoms with E-state index >= 15 is 0 Å². The van der Waals surface area contributed by atoms with Crippen LogP contribution in [0.15, 0.2) is 0 Å². The number of carbonyl (C=O) groups is 3. The molecule has 24 heavy (non-hydrogen) atoms. The summed E-state index contributed by atoms with van der Waals surface area (Å²) in [7, 11) is 0. The normalized spacial score (nSPS) is 30.7. The summed E-state index contributed by atoms with van der Waals surface area (Å²) < 4.78 is 10.4. The van der Waals surface area contributed by atoms with Crippen molar-refractivity contribution in [2.75, 3.05) is 19.8 Å². The van der Waals surface area contributed by atoms with E-state index in [1.54, 1.807) is 6.92 Å². The lowest BCUT2D eigenvalue weighted by Crippen LogP contribution is -2.59. The largest absolute Gasteiger partial charge is 0.464 e. The summed E-state index contributed by atoms with van der Waals surface area (Å²) in [4.78, 5) is 38.7. The summed E-state index contributed by atoms with van der Waals surface area (Å²) in [5, 5.41) is 10.5. The first-order chi connectivity index (χ1) is 11.4. The summed E-state index contributed by atoms with van der Waals surface area (Å²) >= 11 is 0. The van der Waals surface area contributed by atoms with Gasteiger partial charge in [-0.25, -0.2) is 4.79 Å². The fourth-order valence-electron chi connectivity index (χ4n) is 3.25. The lowest BCUT2D eigenvalue weighted by atomic mass is 9.88. The van der Waals surface area contributed by atoms with Gasteiger partial charge >= 0.3 is 5.97 Å². The van der Waals surface area contributed by atoms with Crippen LogP contribution in [0.1, 0.15) is 52.4 Å². The number of hydrogen-bond donors (Lipinski definition) is 1. The van der Waals surface area contributed by atoms with Gasteiger partial charge in [-0.1, -0.05) is 13.8 Å². The molecule has 7 heteroatoms. The van der Waals surface area contributed by atoms with Gasteiger partial charge in [-0.15, -0.1) is 0 Å². The van der Waals surface area contributed by atoms with E-state index < -0.39 is 35.4 Å². The number of carbonyl (C=O) groups excluding carboxylic acids is 3. The van der Waals surface area contributed by atoms with Gasteiger partial charge in [0.05, 0.1) is 13.2 Å². The Balaban J connectivity index is 2.12. The number of hydrogen-bond acceptors (Lipinski definition) is 6. The lowest BCUT2D eigenvalue weighted by molar-refractivity contribution is -0.240. The molecular formula is C17H27NO6. The van der Waals surface area contributed by atoms with Crippen LogP contribution in [-0.2, 0) is 23.9 Å². The van der Waals surface area contributed by atoms with Crippen LogP contribution in [-0.4, -0.2) is 59.3 Å². The summed E-state index contributed by atoms with van der Waals surface area (Å²) in [5.41, 5.74) is 0. The molecule has 2 saturated heterocycles. The molecule has 0 aromatic heterocycles. The molecule has 0 saturated carbocycles. The van der Waals surface area contributed by atoms with E-state index in [-0.39, 0.29) is 13.2 Å². The first kappa shape index (κ1) is 18.9. The molecule has 1 amide bonds. The predicted octanol–water partition coefficient (Wildman–Crippen LogP) is 1.02. The summed E-state index contributed by atoms with van der Waals surface area (Å²) in [6.07, 6.45) is 4.01. The van der Waals surface area contributed by atoms with E-state index in [9.17, 15) is 19.5 Å². The number of Topliss-reactive ketones (excluding diaryl/α,β-unsaturated/α-hetero) is 1. The van der Waals surface area contributed by atoms with E-state index in [4.69, 9.17) is 9.47 Å². The van der Waals surface area contributed by atoms with Crippen molar-refractivity contribution in [1.82, 2.24) is 4.90 Å². The average Bonchev–Trinajstić information content (AvgIpc) is 2.61. The van der Waals surface area contributed by atoms with Crippen LogP contribution >= 0.6 is 0 Å². The fraction of sp³-hybridized carbons (Fsp3) is 0.824. The third kappa shape index (κ3) is 3.78. The van der Waals surface area contributed by atoms with Crippen molar-refractivity contribution in [2.45, 2.75) is 64.2 Å². The summed E-state index contributed by atoms with van der Waals surface area (Å²) in [6, 6.07) is -0.760. The second kappa shape index (κ2) is 8.07. The number of likely N-dealkylation sites (tertiary alicyclic amines) is 1. The highest BCUT2D eigenvalue weighted by Crippen LogP contribution is 2.31. The molecule has 2 fully saturated rings. The van der Waals surface area contributed by atoms with Gasteiger partial charge in [-0.05, 0) is 38.5 Å². The van der Waals surface area contributed by atoms with Gasteiger partial charge in [0.1, 0.15) is 6.04 Å². The fourth-order valence-corrected chi connectivity index (χ4v) is 3.25. The molecule has 1 unspecified atom stereocenters. The molecule has 7 nitrogen and oxygen atoms in total. The van der Waals surface area contributed by atoms with Crippen molar-refractivity contribution < 1.29 is 29.0 Å². The molecule has 0 aromatic carbocycles. The molecule has 2 aliphatic heterocycles. The van der Waals surface area contributed by atoms with Crippen molar-refractivity contribution >= 4 is 17.7 Å². The van der Waals surface area contributed by atoms with E-state index in [1.165, 1.54) is 4.90 Å². The molecule has 0 radical (unpaired) electrons. The number of aliphatic hydroxyl groups is 1. The van der Waals surface area contributed by atoms with Gasteiger partial charge in [0.25, 0.3) is 11.7 Å². The van der Waals surface area contributed by atoms with Crippen LogP contribution < -0.4 is 0 Å². The maximum absolute atomic E-state index is 12.7. The number of piperidine rings is 1. The molecule has 2 rings (SSSR count). The first-order valence-electron chi connectivity index (χ1n) is 8.80. The van der Waals surface area contributed by atoms with E-state index in [0.717, 1.165) is 12.8 Å². The van der Waals surface area contributed by atoms with Crippen LogP contribution in [0.3, 0.4) is 0 Å². The van der Waals surface area contributed by atoms with Gasteiger partial charge in [0.15, 0.2) is 0 Å². The monoisotopic (exact) mass is 341 g/mol. The summed E-state index contributed by atoms with van der Waals surface area (Å²) in [5.74, 6) is -4.88. The van der Waals surface area contributed by atoms with Crippen LogP contribution in [0.4, 0.5) is 0 Å². The molecule has 3 atom stereocenters. The second-order valence-electron chi connectivity index (χ2n) is 6.59. The van der Waals surface area contributed by atoms with Gasteiger partial charge in [-0.2, -0.15) is 0 Å². The number of esters is 1. The second-order valence-corrected chi connectivity index (χ2v) is 6.59. The molecule has 0 bridgehead atoms. The highest BCUT2D eigenvalue weighted by atomic mass is 16.6. The SMILES string of the molecule is CCCOC(=O)C1CCCCN1C(=O)C(=O)[C@]1(O)OCCC[C@H]1C. The van der Waals surface area contributed by atoms with Crippen molar-refractivity contribution in [3.8, 4) is 0 Å². The molecule has 136 valence electrons. The molecular weight excluding hydrogens is 314 g/mol. The minimum atomic E-state index is -2.09. The Morgan fingerprint density at radius 2 is 2.00 bits per heavy atom. The quantitative estimate of drug-likeness (QED) is 0.593. The third-order valence-electron chi connectivity index (χ3n) is 4.78. The van der Waals surface area contributed by atoms with E-state index in [0.29, 0.717) is 32.2 Å². The summed E-state index contributed by atoms with van der Waals surface area (Å²) in [6.45, 7) is 4.41. The molecule has 0 spiro atoms. The minimum Gasteiger partial charge on any atom is -0.464 e. The minimum absolute atomic E-state index is 0.238. The first-order valence-corrected chi connectivity index (χ1v) is 8.80. The Kier molecular flexibility index (Phi) is 6.34. The van der Waals surface area contributed by atoms with Crippen molar-refractivity contribution in [1.29, 1.82) is 0 Å². The standard InChI is InChI=1S/C17H27NO6/c1-3-10-23-16(21)13-8-4-5-9-18(13)15(20)14(19)17(22)12(2)7-6-11-24-17/h12-13,22H,3-11H2,1-2H3/t12-,13?,17-/m1/s1. The Labute approximate surface area is 142 Å². The van der Waals surface area contributed by atoms with Crippen LogP contribution in [0.2, 0.25) is 0 Å². The van der Waals surface area contributed by atoms with Crippen molar-refractivity contribution in [3.05, 3.63) is 0 Å². The van der Waals surface area contributed by atoms with Crippen LogP contribution in [0, 0.1) is 5.92 Å². The molecule has 2 heterocycles. The number of rotatable bonds is 5. The number of ketones is 1. The highest BCUT2D eigenvalue weighted by Gasteiger charge is 2.50. The maximum Gasteiger partial charge on any atom is 0.328 e. The Bertz CT molecular complexity index is 493. The van der Waals surface area contributed by atoms with Crippen molar-refractivity contribution in [2.24, 2.45) is 5.92 Å². The van der Waals surface area contributed by atoms with Gasteiger partial charge in [0.2, 0.25) is 5.79 Å². The Morgan fingerprint density at radius 3 is 2.67 bits per heavy atom. The number of amides is 1. The van der Waals surface area contributed by atoms with Gasteiger partial charge in [-0.3, -0.25) is 9.59 Å². The Morgan fingerprint density at radius 1 is 1.25 bits per heavy atom.